The van der Waals surface area contributed by atoms with Crippen LogP contribution in [0.3, 0.4) is 0 Å². The van der Waals surface area contributed by atoms with E-state index in [1.807, 2.05) is 0 Å². The molecule has 6 heteroatoms. The first kappa shape index (κ1) is 12.1. The third-order valence-electron chi connectivity index (χ3n) is 3.45. The molecule has 2 saturated carbocycles. The van der Waals surface area contributed by atoms with Crippen LogP contribution in [0.5, 0.6) is 0 Å². The molecule has 1 N–H and O–H groups in total. The summed E-state index contributed by atoms with van der Waals surface area (Å²) in [5, 5.41) is 3.35. The third-order valence-corrected chi connectivity index (χ3v) is 3.64. The average Bonchev–Trinajstić information content (AvgIpc) is 3.04. The van der Waals surface area contributed by atoms with Gasteiger partial charge in [-0.15, -0.1) is 0 Å². The van der Waals surface area contributed by atoms with Crippen molar-refractivity contribution in [1.29, 1.82) is 0 Å². The van der Waals surface area contributed by atoms with E-state index in [9.17, 15) is 8.78 Å². The van der Waals surface area contributed by atoms with Crippen LogP contribution >= 0.6 is 11.6 Å². The van der Waals surface area contributed by atoms with Crippen molar-refractivity contribution < 1.29 is 8.78 Å². The molecule has 0 bridgehead atoms. The Morgan fingerprint density at radius 2 is 2.06 bits per heavy atom. The normalized spacial score (nSPS) is 26.3. The summed E-state index contributed by atoms with van der Waals surface area (Å²) in [6, 6.07) is 1.50. The van der Waals surface area contributed by atoms with E-state index in [2.05, 4.69) is 15.3 Å². The van der Waals surface area contributed by atoms with E-state index in [1.165, 1.54) is 0 Å². The summed E-state index contributed by atoms with van der Waals surface area (Å²) in [6.45, 7) is 0. The monoisotopic (exact) mass is 273 g/mol. The van der Waals surface area contributed by atoms with Crippen LogP contribution in [0.4, 0.5) is 14.7 Å². The molecule has 1 aromatic heterocycles. The van der Waals surface area contributed by atoms with Crippen molar-refractivity contribution >= 4 is 17.5 Å². The minimum absolute atomic E-state index is 0.0687. The maximum absolute atomic E-state index is 13.1. The van der Waals surface area contributed by atoms with E-state index >= 15 is 0 Å². The van der Waals surface area contributed by atoms with Crippen molar-refractivity contribution in [1.82, 2.24) is 9.97 Å². The zero-order valence-corrected chi connectivity index (χ0v) is 10.6. The molecule has 0 aromatic carbocycles. The van der Waals surface area contributed by atoms with Crippen LogP contribution in [0.15, 0.2) is 6.07 Å². The van der Waals surface area contributed by atoms with Crippen LogP contribution in [0, 0.1) is 0 Å². The topological polar surface area (TPSA) is 37.8 Å². The molecular formula is C12H14ClF2N3. The van der Waals surface area contributed by atoms with E-state index in [4.69, 9.17) is 11.6 Å². The third kappa shape index (κ3) is 2.71. The van der Waals surface area contributed by atoms with Crippen molar-refractivity contribution in [3.63, 3.8) is 0 Å². The molecule has 0 aliphatic heterocycles. The van der Waals surface area contributed by atoms with E-state index in [0.29, 0.717) is 23.4 Å². The highest BCUT2D eigenvalue weighted by molar-refractivity contribution is 6.29. The zero-order chi connectivity index (χ0) is 12.8. The Kier molecular flexibility index (Phi) is 2.88. The zero-order valence-electron chi connectivity index (χ0n) is 9.80. The van der Waals surface area contributed by atoms with Gasteiger partial charge in [-0.05, 0) is 25.3 Å². The van der Waals surface area contributed by atoms with Gasteiger partial charge in [-0.1, -0.05) is 11.6 Å². The number of alkyl halides is 2. The van der Waals surface area contributed by atoms with Crippen LogP contribution in [0.2, 0.25) is 5.15 Å². The smallest absolute Gasteiger partial charge is 0.250 e. The molecule has 98 valence electrons. The predicted molar refractivity (Wildman–Crippen MR) is 65.2 cm³/mol. The van der Waals surface area contributed by atoms with Gasteiger partial charge >= 0.3 is 0 Å². The number of nitrogens with zero attached hydrogens (tertiary/aromatic N) is 2. The van der Waals surface area contributed by atoms with Gasteiger partial charge in [0.25, 0.3) is 0 Å². The Labute approximate surface area is 109 Å². The second-order valence-corrected chi connectivity index (χ2v) is 5.54. The Hall–Kier alpha value is -0.970. The Balaban J connectivity index is 1.72. The molecule has 18 heavy (non-hydrogen) atoms. The maximum Gasteiger partial charge on any atom is 0.250 e. The molecule has 1 atom stereocenters. The number of hydrogen-bond acceptors (Lipinski definition) is 3. The van der Waals surface area contributed by atoms with Crippen molar-refractivity contribution in [3.8, 4) is 0 Å². The molecule has 1 unspecified atom stereocenters. The average molecular weight is 274 g/mol. The highest BCUT2D eigenvalue weighted by Crippen LogP contribution is 2.40. The van der Waals surface area contributed by atoms with Crippen molar-refractivity contribution in [2.24, 2.45) is 0 Å². The fourth-order valence-electron chi connectivity index (χ4n) is 2.34. The number of rotatable bonds is 3. The maximum atomic E-state index is 13.1. The summed E-state index contributed by atoms with van der Waals surface area (Å²) in [4.78, 5) is 8.41. The van der Waals surface area contributed by atoms with Crippen molar-refractivity contribution in [2.75, 3.05) is 5.32 Å². The lowest BCUT2D eigenvalue weighted by molar-refractivity contribution is 0.00851. The van der Waals surface area contributed by atoms with Gasteiger partial charge in [0.2, 0.25) is 11.9 Å². The lowest BCUT2D eigenvalue weighted by Gasteiger charge is -2.13. The molecular weight excluding hydrogens is 260 g/mol. The molecule has 2 fully saturated rings. The quantitative estimate of drug-likeness (QED) is 0.855. The standard InChI is InChI=1S/C12H14ClF2N3/c13-10-5-9(7-1-2-7)17-11(18-10)16-8-3-4-12(14,15)6-8/h5,7-8H,1-4,6H2,(H,16,17,18). The van der Waals surface area contributed by atoms with E-state index in [1.54, 1.807) is 6.07 Å². The van der Waals surface area contributed by atoms with Crippen LogP contribution < -0.4 is 5.32 Å². The Morgan fingerprint density at radius 1 is 1.28 bits per heavy atom. The van der Waals surface area contributed by atoms with Gasteiger partial charge < -0.3 is 5.32 Å². The minimum atomic E-state index is -2.56. The van der Waals surface area contributed by atoms with Gasteiger partial charge in [0, 0.05) is 24.8 Å². The second kappa shape index (κ2) is 4.30. The first-order valence-corrected chi connectivity index (χ1v) is 6.58. The lowest BCUT2D eigenvalue weighted by Crippen LogP contribution is -2.20. The van der Waals surface area contributed by atoms with Crippen molar-refractivity contribution in [3.05, 3.63) is 16.9 Å². The molecule has 0 amide bonds. The van der Waals surface area contributed by atoms with E-state index in [-0.39, 0.29) is 18.9 Å². The summed E-state index contributed by atoms with van der Waals surface area (Å²) in [7, 11) is 0. The van der Waals surface area contributed by atoms with Crippen LogP contribution in [0.25, 0.3) is 0 Å². The summed E-state index contributed by atoms with van der Waals surface area (Å²) in [5.74, 6) is -1.71. The van der Waals surface area contributed by atoms with Gasteiger partial charge in [-0.25, -0.2) is 18.7 Å². The van der Waals surface area contributed by atoms with E-state index < -0.39 is 5.92 Å². The molecule has 1 heterocycles. The van der Waals surface area contributed by atoms with Crippen molar-refractivity contribution in [2.45, 2.75) is 50.0 Å². The number of anilines is 1. The first-order valence-electron chi connectivity index (χ1n) is 6.21. The molecule has 0 radical (unpaired) electrons. The fraction of sp³-hybridized carbons (Fsp3) is 0.667. The van der Waals surface area contributed by atoms with Crippen LogP contribution in [0.1, 0.15) is 43.7 Å². The number of nitrogens with one attached hydrogen (secondary N) is 1. The van der Waals surface area contributed by atoms with Gasteiger partial charge in [-0.3, -0.25) is 0 Å². The predicted octanol–water partition coefficient (Wildman–Crippen LogP) is 3.61. The molecule has 3 rings (SSSR count). The summed E-state index contributed by atoms with van der Waals surface area (Å²) < 4.78 is 26.2. The highest BCUT2D eigenvalue weighted by atomic mass is 35.5. The number of aromatic nitrogens is 2. The van der Waals surface area contributed by atoms with Crippen LogP contribution in [-0.4, -0.2) is 21.9 Å². The van der Waals surface area contributed by atoms with Gasteiger partial charge in [-0.2, -0.15) is 0 Å². The largest absolute Gasteiger partial charge is 0.351 e. The number of hydrogen-bond donors (Lipinski definition) is 1. The molecule has 1 aromatic rings. The second-order valence-electron chi connectivity index (χ2n) is 5.15. The molecule has 0 spiro atoms. The van der Waals surface area contributed by atoms with Crippen LogP contribution in [-0.2, 0) is 0 Å². The minimum Gasteiger partial charge on any atom is -0.351 e. The molecule has 3 nitrogen and oxygen atoms in total. The lowest BCUT2D eigenvalue weighted by atomic mass is 10.2. The van der Waals surface area contributed by atoms with Gasteiger partial charge in [0.15, 0.2) is 0 Å². The summed E-state index contributed by atoms with van der Waals surface area (Å²) in [6.07, 6.45) is 2.46. The van der Waals surface area contributed by atoms with E-state index in [0.717, 1.165) is 18.5 Å². The Bertz CT molecular complexity index is 463. The molecule has 2 aliphatic carbocycles. The molecule has 2 aliphatic rings. The number of halogens is 3. The molecule has 0 saturated heterocycles. The highest BCUT2D eigenvalue weighted by Gasteiger charge is 2.39. The summed E-state index contributed by atoms with van der Waals surface area (Å²) >= 11 is 5.92. The summed E-state index contributed by atoms with van der Waals surface area (Å²) in [5.41, 5.74) is 0.919. The van der Waals surface area contributed by atoms with Gasteiger partial charge in [0.1, 0.15) is 5.15 Å². The Morgan fingerprint density at radius 3 is 2.67 bits per heavy atom. The SMILES string of the molecule is FC1(F)CCC(Nc2nc(Cl)cc(C3CC3)n2)C1. The fourth-order valence-corrected chi connectivity index (χ4v) is 2.54. The van der Waals surface area contributed by atoms with Gasteiger partial charge in [0.05, 0.1) is 5.69 Å². The first-order chi connectivity index (χ1) is 8.52.